The molecule has 0 saturated carbocycles. The lowest BCUT2D eigenvalue weighted by Crippen LogP contribution is -2.20. The number of imidazole rings is 1. The summed E-state index contributed by atoms with van der Waals surface area (Å²) in [6, 6.07) is 8.60. The van der Waals surface area contributed by atoms with Crippen LogP contribution in [0.25, 0.3) is 6.08 Å². The van der Waals surface area contributed by atoms with Crippen molar-refractivity contribution >= 4 is 29.7 Å². The van der Waals surface area contributed by atoms with Gasteiger partial charge in [0.2, 0.25) is 0 Å². The van der Waals surface area contributed by atoms with Crippen molar-refractivity contribution in [3.05, 3.63) is 72.6 Å². The minimum atomic E-state index is 0.975. The fourth-order valence-corrected chi connectivity index (χ4v) is 3.18. The van der Waals surface area contributed by atoms with Crippen LogP contribution in [0.2, 0.25) is 0 Å². The van der Waals surface area contributed by atoms with Crippen molar-refractivity contribution in [1.29, 1.82) is 0 Å². The highest BCUT2D eigenvalue weighted by Gasteiger charge is 2.03. The zero-order valence-corrected chi connectivity index (χ0v) is 16.4. The Kier molecular flexibility index (Phi) is 8.49. The molecule has 1 aromatic carbocycles. The Labute approximate surface area is 160 Å². The number of anilines is 1. The van der Waals surface area contributed by atoms with Crippen molar-refractivity contribution in [2.45, 2.75) is 5.16 Å². The van der Waals surface area contributed by atoms with Gasteiger partial charge in [-0.2, -0.15) is 0 Å². The lowest BCUT2D eigenvalue weighted by atomic mass is 10.2. The highest BCUT2D eigenvalue weighted by molar-refractivity contribution is 7.99. The molecular formula is C21H26N4S. The Bertz CT molecular complexity index is 770. The number of allylic oxidation sites excluding steroid dienone is 5. The van der Waals surface area contributed by atoms with Crippen LogP contribution in [0.4, 0.5) is 5.69 Å². The number of aromatic nitrogens is 2. The van der Waals surface area contributed by atoms with Crippen LogP contribution in [0.1, 0.15) is 5.56 Å². The molecule has 2 rings (SSSR count). The quantitative estimate of drug-likeness (QED) is 0.373. The van der Waals surface area contributed by atoms with Crippen molar-refractivity contribution in [1.82, 2.24) is 9.55 Å². The molecule has 136 valence electrons. The third-order valence-electron chi connectivity index (χ3n) is 3.74. The van der Waals surface area contributed by atoms with Crippen molar-refractivity contribution in [2.75, 3.05) is 31.3 Å². The molecule has 0 N–H and O–H groups in total. The van der Waals surface area contributed by atoms with Crippen LogP contribution < -0.4 is 4.90 Å². The largest absolute Gasteiger partial charge is 0.374 e. The van der Waals surface area contributed by atoms with E-state index in [9.17, 15) is 0 Å². The molecule has 26 heavy (non-hydrogen) atoms. The van der Waals surface area contributed by atoms with Gasteiger partial charge in [-0.3, -0.25) is 4.99 Å². The van der Waals surface area contributed by atoms with Gasteiger partial charge in [0, 0.05) is 57.7 Å². The van der Waals surface area contributed by atoms with Crippen LogP contribution >= 0.6 is 11.8 Å². The van der Waals surface area contributed by atoms with Crippen LogP contribution in [0.3, 0.4) is 0 Å². The summed E-state index contributed by atoms with van der Waals surface area (Å²) in [5.41, 5.74) is 2.41. The van der Waals surface area contributed by atoms with E-state index in [1.54, 1.807) is 25.0 Å². The molecule has 0 unspecified atom stereocenters. The molecule has 2 aromatic rings. The maximum atomic E-state index is 4.34. The summed E-state index contributed by atoms with van der Waals surface area (Å²) < 4.78 is 2.05. The number of thioether (sulfide) groups is 1. The molecule has 1 heterocycles. The fourth-order valence-electron chi connectivity index (χ4n) is 2.23. The summed E-state index contributed by atoms with van der Waals surface area (Å²) in [6.07, 6.45) is 17.6. The van der Waals surface area contributed by atoms with Gasteiger partial charge in [0.15, 0.2) is 5.16 Å². The van der Waals surface area contributed by atoms with Gasteiger partial charge in [-0.1, -0.05) is 54.3 Å². The van der Waals surface area contributed by atoms with E-state index in [0.717, 1.165) is 17.5 Å². The first-order chi connectivity index (χ1) is 12.7. The minimum absolute atomic E-state index is 0.975. The summed E-state index contributed by atoms with van der Waals surface area (Å²) in [6.45, 7) is 0.975. The van der Waals surface area contributed by atoms with Crippen molar-refractivity contribution in [3.63, 3.8) is 0 Å². The minimum Gasteiger partial charge on any atom is -0.374 e. The highest BCUT2D eigenvalue weighted by atomic mass is 32.2. The first kappa shape index (κ1) is 19.8. The average molecular weight is 367 g/mol. The van der Waals surface area contributed by atoms with Gasteiger partial charge in [0.1, 0.15) is 0 Å². The zero-order valence-electron chi connectivity index (χ0n) is 15.6. The monoisotopic (exact) mass is 366 g/mol. The molecule has 1 aromatic heterocycles. The van der Waals surface area contributed by atoms with Crippen molar-refractivity contribution < 1.29 is 0 Å². The smallest absolute Gasteiger partial charge is 0.167 e. The van der Waals surface area contributed by atoms with Gasteiger partial charge < -0.3 is 9.47 Å². The molecule has 0 aliphatic heterocycles. The van der Waals surface area contributed by atoms with E-state index in [-0.39, 0.29) is 0 Å². The predicted molar refractivity (Wildman–Crippen MR) is 115 cm³/mol. The summed E-state index contributed by atoms with van der Waals surface area (Å²) in [7, 11) is 5.91. The standard InChI is InChI=1S/C21H26N4S/c1-22-14-8-6-4-5-7-9-19-10-12-20(13-11-19)24(2)17-18-26-21-23-15-16-25(21)3/h4-16H,17-18H2,1-3H3/b5-4+,8-6-,9-7+,22-14+. The Hall–Kier alpha value is -2.53. The first-order valence-corrected chi connectivity index (χ1v) is 9.53. The Morgan fingerprint density at radius 2 is 1.85 bits per heavy atom. The molecule has 4 nitrogen and oxygen atoms in total. The Balaban J connectivity index is 1.79. The van der Waals surface area contributed by atoms with Crippen LogP contribution in [0.5, 0.6) is 0 Å². The van der Waals surface area contributed by atoms with E-state index < -0.39 is 0 Å². The number of aliphatic imine (C=N–C) groups is 1. The number of hydrogen-bond acceptors (Lipinski definition) is 4. The molecule has 0 aliphatic carbocycles. The van der Waals surface area contributed by atoms with E-state index in [0.29, 0.717) is 0 Å². The van der Waals surface area contributed by atoms with Crippen LogP contribution in [0, 0.1) is 0 Å². The molecular weight excluding hydrogens is 340 g/mol. The van der Waals surface area contributed by atoms with Gasteiger partial charge >= 0.3 is 0 Å². The fraction of sp³-hybridized carbons (Fsp3) is 0.238. The van der Waals surface area contributed by atoms with E-state index in [1.807, 2.05) is 54.4 Å². The number of nitrogens with zero attached hydrogens (tertiary/aromatic N) is 4. The van der Waals surface area contributed by atoms with Gasteiger partial charge in [-0.25, -0.2) is 4.98 Å². The number of aryl methyl sites for hydroxylation is 1. The molecule has 0 aliphatic rings. The molecule has 0 fully saturated rings. The van der Waals surface area contributed by atoms with Gasteiger partial charge in [0.05, 0.1) is 0 Å². The summed E-state index contributed by atoms with van der Waals surface area (Å²) in [5, 5.41) is 1.06. The summed E-state index contributed by atoms with van der Waals surface area (Å²) in [4.78, 5) is 10.5. The van der Waals surface area contributed by atoms with Gasteiger partial charge in [-0.15, -0.1) is 0 Å². The first-order valence-electron chi connectivity index (χ1n) is 8.54. The molecule has 0 radical (unpaired) electrons. The predicted octanol–water partition coefficient (Wildman–Crippen LogP) is 4.47. The van der Waals surface area contributed by atoms with E-state index in [2.05, 4.69) is 52.3 Å². The second-order valence-corrected chi connectivity index (χ2v) is 6.78. The van der Waals surface area contributed by atoms with Crippen LogP contribution in [-0.2, 0) is 7.05 Å². The SMILES string of the molecule is C/N=C/C=C\C=C\C=C\c1ccc(N(C)CCSc2nccn2C)cc1. The van der Waals surface area contributed by atoms with Crippen LogP contribution in [-0.4, -0.2) is 42.2 Å². The lowest BCUT2D eigenvalue weighted by Gasteiger charge is -2.19. The molecule has 0 atom stereocenters. The van der Waals surface area contributed by atoms with E-state index in [1.165, 1.54) is 11.3 Å². The lowest BCUT2D eigenvalue weighted by molar-refractivity contribution is 0.789. The highest BCUT2D eigenvalue weighted by Crippen LogP contribution is 2.18. The third kappa shape index (κ3) is 6.76. The molecule has 0 saturated heterocycles. The van der Waals surface area contributed by atoms with Crippen molar-refractivity contribution in [2.24, 2.45) is 12.0 Å². The number of benzene rings is 1. The molecule has 5 heteroatoms. The summed E-state index contributed by atoms with van der Waals surface area (Å²) >= 11 is 1.78. The number of hydrogen-bond donors (Lipinski definition) is 0. The maximum Gasteiger partial charge on any atom is 0.167 e. The average Bonchev–Trinajstić information content (AvgIpc) is 3.06. The molecule has 0 bridgehead atoms. The van der Waals surface area contributed by atoms with Crippen LogP contribution in [0.15, 0.2) is 77.2 Å². The Morgan fingerprint density at radius 3 is 2.54 bits per heavy atom. The Morgan fingerprint density at radius 1 is 1.12 bits per heavy atom. The maximum absolute atomic E-state index is 4.34. The molecule has 0 amide bonds. The number of rotatable bonds is 9. The normalized spacial score (nSPS) is 12.3. The second-order valence-electron chi connectivity index (χ2n) is 5.72. The van der Waals surface area contributed by atoms with E-state index >= 15 is 0 Å². The molecule has 0 spiro atoms. The van der Waals surface area contributed by atoms with E-state index in [4.69, 9.17) is 0 Å². The van der Waals surface area contributed by atoms with Crippen molar-refractivity contribution in [3.8, 4) is 0 Å². The van der Waals surface area contributed by atoms with Gasteiger partial charge in [0.25, 0.3) is 0 Å². The third-order valence-corrected chi connectivity index (χ3v) is 4.78. The topological polar surface area (TPSA) is 33.4 Å². The zero-order chi connectivity index (χ0) is 18.6. The van der Waals surface area contributed by atoms with Gasteiger partial charge in [-0.05, 0) is 23.8 Å². The summed E-state index contributed by atoms with van der Waals surface area (Å²) in [5.74, 6) is 1.00. The second kappa shape index (κ2) is 11.2.